The second-order valence-corrected chi connectivity index (χ2v) is 5.83. The van der Waals surface area contributed by atoms with Crippen molar-refractivity contribution in [2.75, 3.05) is 0 Å². The predicted molar refractivity (Wildman–Crippen MR) is 89.0 cm³/mol. The number of hydrogen-bond donors (Lipinski definition) is 0. The van der Waals surface area contributed by atoms with E-state index in [0.717, 1.165) is 25.7 Å². The first kappa shape index (κ1) is 17.2. The van der Waals surface area contributed by atoms with E-state index in [0.29, 0.717) is 0 Å². The first-order valence-corrected chi connectivity index (χ1v) is 8.58. The van der Waals surface area contributed by atoms with Crippen LogP contribution in [-0.2, 0) is 19.3 Å². The summed E-state index contributed by atoms with van der Waals surface area (Å²) in [5.74, 6) is 0. The van der Waals surface area contributed by atoms with Crippen LogP contribution in [0.3, 0.4) is 0 Å². The highest BCUT2D eigenvalue weighted by Crippen LogP contribution is 2.14. The minimum Gasteiger partial charge on any atom is -0.258 e. The monoisotopic (exact) mass is 274 g/mol. The molecule has 0 aliphatic carbocycles. The molecule has 0 aromatic carbocycles. The number of unbranched alkanes of at least 4 members (excludes halogenated alkanes) is 5. The maximum absolute atomic E-state index is 4.87. The summed E-state index contributed by atoms with van der Waals surface area (Å²) in [6, 6.07) is 4.66. The maximum atomic E-state index is 4.87. The van der Waals surface area contributed by atoms with Crippen molar-refractivity contribution in [3.05, 3.63) is 36.0 Å². The zero-order valence-electron chi connectivity index (χ0n) is 13.6. The lowest BCUT2D eigenvalue weighted by Crippen LogP contribution is -2.00. The molecule has 1 nitrogen and oxygen atoms in total. The lowest BCUT2D eigenvalue weighted by Gasteiger charge is -2.09. The van der Waals surface area contributed by atoms with Crippen LogP contribution in [0.1, 0.15) is 82.2 Å². The summed E-state index contributed by atoms with van der Waals surface area (Å²) in [6.45, 7) is 8.47. The Kier molecular flexibility index (Phi) is 9.36. The van der Waals surface area contributed by atoms with Crippen molar-refractivity contribution in [1.29, 1.82) is 0 Å². The van der Waals surface area contributed by atoms with Gasteiger partial charge in [-0.05, 0) is 56.2 Å². The Hall–Kier alpha value is -0.850. The number of nitrogens with zero attached hydrogens (tertiary/aromatic N) is 1. The van der Waals surface area contributed by atoms with E-state index < -0.39 is 0 Å². The fraction of sp³-hybridized carbons (Fsp3) is 0.684. The van der Waals surface area contributed by atoms with Crippen molar-refractivity contribution >= 4 is 0 Å². The van der Waals surface area contributed by atoms with Gasteiger partial charge >= 0.3 is 0 Å². The minimum absolute atomic E-state index is 1.03. The van der Waals surface area contributed by atoms with Gasteiger partial charge in [-0.15, -0.1) is 0 Å². The molecule has 1 heteroatoms. The molecule has 1 heterocycles. The quantitative estimate of drug-likeness (QED) is 0.471. The van der Waals surface area contributed by atoms with Gasteiger partial charge in [-0.2, -0.15) is 0 Å². The van der Waals surface area contributed by atoms with Gasteiger partial charge in [0.25, 0.3) is 0 Å². The lowest BCUT2D eigenvalue weighted by atomic mass is 10.0. The van der Waals surface area contributed by atoms with E-state index in [1.54, 1.807) is 0 Å². The molecule has 0 bridgehead atoms. The summed E-state index contributed by atoms with van der Waals surface area (Å²) in [4.78, 5) is 4.87. The largest absolute Gasteiger partial charge is 0.258 e. The topological polar surface area (TPSA) is 12.9 Å². The van der Waals surface area contributed by atoms with Crippen molar-refractivity contribution in [1.82, 2.24) is 4.98 Å². The highest BCUT2D eigenvalue weighted by atomic mass is 14.7. The van der Waals surface area contributed by atoms with E-state index >= 15 is 0 Å². The molecule has 0 saturated heterocycles. The average Bonchev–Trinajstić information content (AvgIpc) is 2.46. The Morgan fingerprint density at radius 1 is 0.800 bits per heavy atom. The Bertz CT molecular complexity index is 329. The minimum atomic E-state index is 1.03. The normalized spacial score (nSPS) is 10.9. The molecule has 1 aromatic heterocycles. The smallest absolute Gasteiger partial charge is 0.0409 e. The fourth-order valence-corrected chi connectivity index (χ4v) is 2.56. The first-order chi connectivity index (χ1) is 9.80. The number of aryl methyl sites for hydroxylation is 3. The lowest BCUT2D eigenvalue weighted by molar-refractivity contribution is 0.685. The van der Waals surface area contributed by atoms with E-state index in [9.17, 15) is 0 Å². The molecule has 0 fully saturated rings. The van der Waals surface area contributed by atoms with Crippen LogP contribution < -0.4 is 0 Å². The predicted octanol–water partition coefficient (Wildman–Crippen LogP) is 5.70. The second-order valence-electron chi connectivity index (χ2n) is 5.83. The van der Waals surface area contributed by atoms with E-state index in [-0.39, 0.29) is 0 Å². The number of aromatic nitrogens is 1. The zero-order valence-corrected chi connectivity index (χ0v) is 13.6. The average molecular weight is 274 g/mol. The Morgan fingerprint density at radius 3 is 1.80 bits per heavy atom. The van der Waals surface area contributed by atoms with Gasteiger partial charge in [0.1, 0.15) is 0 Å². The molecule has 0 atom stereocenters. The molecular formula is C19H32N. The molecule has 0 unspecified atom stereocenters. The van der Waals surface area contributed by atoms with Crippen LogP contribution in [-0.4, -0.2) is 4.98 Å². The van der Waals surface area contributed by atoms with Gasteiger partial charge in [0.05, 0.1) is 0 Å². The van der Waals surface area contributed by atoms with Gasteiger partial charge in [-0.1, -0.05) is 52.9 Å². The molecule has 1 aromatic rings. The molecule has 113 valence electrons. The zero-order chi connectivity index (χ0) is 14.6. The van der Waals surface area contributed by atoms with E-state index in [2.05, 4.69) is 32.9 Å². The highest BCUT2D eigenvalue weighted by molar-refractivity contribution is 5.22. The molecule has 0 aliphatic rings. The van der Waals surface area contributed by atoms with Crippen LogP contribution in [0.15, 0.2) is 12.1 Å². The van der Waals surface area contributed by atoms with Gasteiger partial charge in [-0.3, -0.25) is 4.98 Å². The van der Waals surface area contributed by atoms with Crippen molar-refractivity contribution in [2.45, 2.75) is 84.5 Å². The SMILES string of the molecule is [CH2]CCCc1cc(CCCCC)nc(CCCCC)c1. The van der Waals surface area contributed by atoms with Crippen molar-refractivity contribution < 1.29 is 0 Å². The van der Waals surface area contributed by atoms with E-state index in [1.165, 1.54) is 61.9 Å². The Labute approximate surface area is 126 Å². The molecule has 0 spiro atoms. The third kappa shape index (κ3) is 7.07. The van der Waals surface area contributed by atoms with Gasteiger partial charge < -0.3 is 0 Å². The standard InChI is InChI=1S/C19H32N/c1-4-7-10-13-18-15-17(12-9-6-3)16-19(20-18)14-11-8-5-2/h15-16H,3-14H2,1-2H3. The van der Waals surface area contributed by atoms with Crippen molar-refractivity contribution in [3.63, 3.8) is 0 Å². The Morgan fingerprint density at radius 2 is 1.35 bits per heavy atom. The van der Waals surface area contributed by atoms with Crippen LogP contribution in [0.5, 0.6) is 0 Å². The van der Waals surface area contributed by atoms with Crippen molar-refractivity contribution in [2.24, 2.45) is 0 Å². The second kappa shape index (κ2) is 10.9. The van der Waals surface area contributed by atoms with E-state index in [1.807, 2.05) is 0 Å². The molecule has 1 rings (SSSR count). The number of pyridine rings is 1. The summed E-state index contributed by atoms with van der Waals surface area (Å²) in [5.41, 5.74) is 4.10. The first-order valence-electron chi connectivity index (χ1n) is 8.58. The molecule has 20 heavy (non-hydrogen) atoms. The van der Waals surface area contributed by atoms with Crippen LogP contribution in [0, 0.1) is 6.92 Å². The molecule has 1 radical (unpaired) electrons. The summed E-state index contributed by atoms with van der Waals surface area (Å²) < 4.78 is 0. The number of rotatable bonds is 11. The summed E-state index contributed by atoms with van der Waals surface area (Å²) in [5, 5.41) is 0. The molecule has 0 N–H and O–H groups in total. The molecule has 0 aliphatic heterocycles. The van der Waals surface area contributed by atoms with Gasteiger partial charge in [0.15, 0.2) is 0 Å². The van der Waals surface area contributed by atoms with Gasteiger partial charge in [0.2, 0.25) is 0 Å². The van der Waals surface area contributed by atoms with Crippen LogP contribution in [0.4, 0.5) is 0 Å². The summed E-state index contributed by atoms with van der Waals surface area (Å²) in [7, 11) is 0. The van der Waals surface area contributed by atoms with Gasteiger partial charge in [0, 0.05) is 11.4 Å². The number of hydrogen-bond acceptors (Lipinski definition) is 1. The van der Waals surface area contributed by atoms with Crippen molar-refractivity contribution in [3.8, 4) is 0 Å². The summed E-state index contributed by atoms with van der Waals surface area (Å²) in [6.07, 6.45) is 13.4. The molecular weight excluding hydrogens is 242 g/mol. The van der Waals surface area contributed by atoms with E-state index in [4.69, 9.17) is 4.98 Å². The molecule has 0 amide bonds. The maximum Gasteiger partial charge on any atom is 0.0409 e. The van der Waals surface area contributed by atoms with Crippen LogP contribution >= 0.6 is 0 Å². The fourth-order valence-electron chi connectivity index (χ4n) is 2.56. The van der Waals surface area contributed by atoms with Crippen LogP contribution in [0.25, 0.3) is 0 Å². The van der Waals surface area contributed by atoms with Crippen LogP contribution in [0.2, 0.25) is 0 Å². The van der Waals surface area contributed by atoms with Gasteiger partial charge in [-0.25, -0.2) is 0 Å². The molecule has 0 saturated carbocycles. The Balaban J connectivity index is 2.67. The highest BCUT2D eigenvalue weighted by Gasteiger charge is 2.03. The third-order valence-corrected chi connectivity index (χ3v) is 3.78. The third-order valence-electron chi connectivity index (χ3n) is 3.78. The summed E-state index contributed by atoms with van der Waals surface area (Å²) >= 11 is 0.